The summed E-state index contributed by atoms with van der Waals surface area (Å²) < 4.78 is 27.5. The minimum atomic E-state index is -3.82. The van der Waals surface area contributed by atoms with Crippen LogP contribution < -0.4 is 10.0 Å². The van der Waals surface area contributed by atoms with Gasteiger partial charge in [0.15, 0.2) is 5.13 Å². The van der Waals surface area contributed by atoms with Gasteiger partial charge in [-0.05, 0) is 49.2 Å². The number of halogens is 1. The predicted molar refractivity (Wildman–Crippen MR) is 123 cm³/mol. The van der Waals surface area contributed by atoms with E-state index in [1.807, 2.05) is 30.5 Å². The van der Waals surface area contributed by atoms with Crippen LogP contribution in [-0.4, -0.2) is 30.8 Å². The van der Waals surface area contributed by atoms with Crippen LogP contribution in [0.5, 0.6) is 0 Å². The molecule has 0 unspecified atom stereocenters. The number of aryl methyl sites for hydroxylation is 1. The minimum Gasteiger partial charge on any atom is -0.361 e. The molecular formula is C21H19ClN4O3S2. The lowest BCUT2D eigenvalue weighted by atomic mass is 10.1. The number of sulfonamides is 1. The Morgan fingerprint density at radius 3 is 2.68 bits per heavy atom. The second kappa shape index (κ2) is 8.70. The zero-order chi connectivity index (χ0) is 22.0. The number of rotatable bonds is 7. The first-order valence-corrected chi connectivity index (χ1v) is 12.1. The number of fused-ring (bicyclic) bond motifs is 1. The van der Waals surface area contributed by atoms with E-state index in [2.05, 4.69) is 20.0 Å². The Morgan fingerprint density at radius 1 is 1.16 bits per heavy atom. The van der Waals surface area contributed by atoms with Gasteiger partial charge in [-0.2, -0.15) is 0 Å². The first-order valence-electron chi connectivity index (χ1n) is 9.42. The zero-order valence-corrected chi connectivity index (χ0v) is 18.9. The molecule has 0 atom stereocenters. The number of para-hydroxylation sites is 1. The Morgan fingerprint density at radius 2 is 1.90 bits per heavy atom. The molecule has 10 heteroatoms. The van der Waals surface area contributed by atoms with Crippen LogP contribution in [-0.2, 0) is 16.4 Å². The van der Waals surface area contributed by atoms with E-state index < -0.39 is 10.0 Å². The Hall–Kier alpha value is -2.88. The van der Waals surface area contributed by atoms with Crippen LogP contribution in [0, 0.1) is 6.92 Å². The lowest BCUT2D eigenvalue weighted by Gasteiger charge is -2.05. The number of thiazole rings is 1. The summed E-state index contributed by atoms with van der Waals surface area (Å²) in [5, 5.41) is 4.59. The molecule has 0 radical (unpaired) electrons. The average molecular weight is 475 g/mol. The highest BCUT2D eigenvalue weighted by Crippen LogP contribution is 2.25. The van der Waals surface area contributed by atoms with Gasteiger partial charge in [-0.25, -0.2) is 13.4 Å². The van der Waals surface area contributed by atoms with Crippen LogP contribution >= 0.6 is 22.9 Å². The molecule has 0 saturated heterocycles. The molecule has 2 aromatic heterocycles. The van der Waals surface area contributed by atoms with E-state index >= 15 is 0 Å². The number of carbonyl (C=O) groups excluding carboxylic acids is 1. The van der Waals surface area contributed by atoms with Gasteiger partial charge in [-0.15, -0.1) is 0 Å². The van der Waals surface area contributed by atoms with Crippen LogP contribution in [0.3, 0.4) is 0 Å². The number of nitrogens with zero attached hydrogens (tertiary/aromatic N) is 1. The van der Waals surface area contributed by atoms with Crippen molar-refractivity contribution in [3.8, 4) is 0 Å². The Bertz CT molecular complexity index is 1340. The van der Waals surface area contributed by atoms with Crippen molar-refractivity contribution >= 4 is 54.9 Å². The van der Waals surface area contributed by atoms with Gasteiger partial charge in [0.05, 0.1) is 10.6 Å². The van der Waals surface area contributed by atoms with Crippen molar-refractivity contribution < 1.29 is 13.2 Å². The van der Waals surface area contributed by atoms with E-state index in [1.165, 1.54) is 24.3 Å². The number of hydrogen-bond donors (Lipinski definition) is 3. The number of anilines is 1. The molecule has 0 fully saturated rings. The third kappa shape index (κ3) is 4.73. The lowest BCUT2D eigenvalue weighted by Crippen LogP contribution is -2.25. The molecule has 160 valence electrons. The quantitative estimate of drug-likeness (QED) is 0.370. The van der Waals surface area contributed by atoms with Crippen LogP contribution in [0.25, 0.3) is 10.9 Å². The van der Waals surface area contributed by atoms with E-state index in [9.17, 15) is 13.2 Å². The van der Waals surface area contributed by atoms with E-state index in [0.717, 1.165) is 27.8 Å². The summed E-state index contributed by atoms with van der Waals surface area (Å²) in [5.74, 6) is -0.285. The molecule has 4 aromatic rings. The molecule has 0 spiro atoms. The topological polar surface area (TPSA) is 104 Å². The zero-order valence-electron chi connectivity index (χ0n) is 16.5. The minimum absolute atomic E-state index is 0.0643. The molecule has 0 aliphatic rings. The molecule has 2 aromatic carbocycles. The number of aromatic amines is 1. The number of carbonyl (C=O) groups is 1. The molecule has 2 heterocycles. The first-order chi connectivity index (χ1) is 14.8. The third-order valence-electron chi connectivity index (χ3n) is 4.70. The van der Waals surface area contributed by atoms with Crippen molar-refractivity contribution in [1.82, 2.24) is 15.3 Å². The smallest absolute Gasteiger partial charge is 0.263 e. The second-order valence-corrected chi connectivity index (χ2v) is 9.98. The summed E-state index contributed by atoms with van der Waals surface area (Å²) in [7, 11) is -3.82. The molecule has 0 bridgehead atoms. The number of benzene rings is 2. The van der Waals surface area contributed by atoms with E-state index in [0.29, 0.717) is 28.6 Å². The SMILES string of the molecule is Cc1nc(NS(=O)(=O)c2ccc(Cl)cc2)sc1C(=O)NCCc1c[nH]c2ccccc12. The van der Waals surface area contributed by atoms with Gasteiger partial charge in [0.1, 0.15) is 4.88 Å². The summed E-state index contributed by atoms with van der Waals surface area (Å²) in [6, 6.07) is 13.8. The van der Waals surface area contributed by atoms with Gasteiger partial charge < -0.3 is 10.3 Å². The normalized spacial score (nSPS) is 11.5. The fourth-order valence-corrected chi connectivity index (χ4v) is 5.41. The summed E-state index contributed by atoms with van der Waals surface area (Å²) in [6.07, 6.45) is 2.61. The predicted octanol–water partition coefficient (Wildman–Crippen LogP) is 4.36. The fraction of sp³-hybridized carbons (Fsp3) is 0.143. The number of aromatic nitrogens is 2. The Kier molecular flexibility index (Phi) is 5.99. The van der Waals surface area contributed by atoms with Gasteiger partial charge in [0.2, 0.25) is 0 Å². The average Bonchev–Trinajstić information content (AvgIpc) is 3.31. The first kappa shape index (κ1) is 21.4. The number of amides is 1. The highest BCUT2D eigenvalue weighted by atomic mass is 35.5. The number of H-pyrrole nitrogens is 1. The van der Waals surface area contributed by atoms with E-state index in [-0.39, 0.29) is 15.9 Å². The molecular weight excluding hydrogens is 456 g/mol. The molecule has 0 saturated carbocycles. The van der Waals surface area contributed by atoms with Gasteiger partial charge in [0, 0.05) is 28.7 Å². The van der Waals surface area contributed by atoms with Crippen LogP contribution in [0.1, 0.15) is 20.9 Å². The summed E-state index contributed by atoms with van der Waals surface area (Å²) in [5.41, 5.74) is 2.64. The fourth-order valence-electron chi connectivity index (χ4n) is 3.17. The molecule has 4 rings (SSSR count). The maximum absolute atomic E-state index is 12.6. The van der Waals surface area contributed by atoms with Crippen molar-refractivity contribution in [3.05, 3.63) is 75.9 Å². The monoisotopic (exact) mass is 474 g/mol. The van der Waals surface area contributed by atoms with Crippen LogP contribution in [0.4, 0.5) is 5.13 Å². The second-order valence-electron chi connectivity index (χ2n) is 6.86. The van der Waals surface area contributed by atoms with Gasteiger partial charge in [-0.1, -0.05) is 41.1 Å². The molecule has 0 aliphatic carbocycles. The third-order valence-corrected chi connectivity index (χ3v) is 7.51. The standard InChI is InChI=1S/C21H19ClN4O3S2/c1-13-19(20(27)23-11-10-14-12-24-18-5-3-2-4-17(14)18)30-21(25-13)26-31(28,29)16-8-6-15(22)7-9-16/h2-9,12,24H,10-11H2,1H3,(H,23,27)(H,25,26). The Labute approximate surface area is 188 Å². The molecule has 7 nitrogen and oxygen atoms in total. The maximum Gasteiger partial charge on any atom is 0.263 e. The summed E-state index contributed by atoms with van der Waals surface area (Å²) >= 11 is 6.81. The highest BCUT2D eigenvalue weighted by molar-refractivity contribution is 7.93. The maximum atomic E-state index is 12.6. The van der Waals surface area contributed by atoms with Gasteiger partial charge in [0.25, 0.3) is 15.9 Å². The van der Waals surface area contributed by atoms with Gasteiger partial charge in [-0.3, -0.25) is 9.52 Å². The van der Waals surface area contributed by atoms with Crippen molar-refractivity contribution in [3.63, 3.8) is 0 Å². The summed E-state index contributed by atoms with van der Waals surface area (Å²) in [6.45, 7) is 2.12. The highest BCUT2D eigenvalue weighted by Gasteiger charge is 2.20. The van der Waals surface area contributed by atoms with Crippen molar-refractivity contribution in [1.29, 1.82) is 0 Å². The lowest BCUT2D eigenvalue weighted by molar-refractivity contribution is 0.0957. The largest absolute Gasteiger partial charge is 0.361 e. The number of hydrogen-bond acceptors (Lipinski definition) is 5. The van der Waals surface area contributed by atoms with Gasteiger partial charge >= 0.3 is 0 Å². The van der Waals surface area contributed by atoms with Crippen molar-refractivity contribution in [2.45, 2.75) is 18.2 Å². The van der Waals surface area contributed by atoms with Crippen LogP contribution in [0.15, 0.2) is 59.6 Å². The van der Waals surface area contributed by atoms with Crippen molar-refractivity contribution in [2.75, 3.05) is 11.3 Å². The van der Waals surface area contributed by atoms with E-state index in [4.69, 9.17) is 11.6 Å². The molecule has 31 heavy (non-hydrogen) atoms. The Balaban J connectivity index is 1.41. The summed E-state index contributed by atoms with van der Waals surface area (Å²) in [4.78, 5) is 20.4. The van der Waals surface area contributed by atoms with Crippen molar-refractivity contribution in [2.24, 2.45) is 0 Å². The van der Waals surface area contributed by atoms with E-state index in [1.54, 1.807) is 6.92 Å². The molecule has 1 amide bonds. The number of nitrogens with one attached hydrogen (secondary N) is 3. The molecule has 0 aliphatic heterocycles. The van der Waals surface area contributed by atoms with Crippen LogP contribution in [0.2, 0.25) is 5.02 Å². The molecule has 3 N–H and O–H groups in total.